The highest BCUT2D eigenvalue weighted by Gasteiger charge is 2.29. The average Bonchev–Trinajstić information content (AvgIpc) is 3.26. The van der Waals surface area contributed by atoms with E-state index < -0.39 is 10.0 Å². The van der Waals surface area contributed by atoms with E-state index in [9.17, 15) is 8.42 Å². The van der Waals surface area contributed by atoms with E-state index in [0.717, 1.165) is 35.0 Å². The Hall–Kier alpha value is -1.90. The number of para-hydroxylation sites is 2. The molecule has 2 aromatic carbocycles. The summed E-state index contributed by atoms with van der Waals surface area (Å²) in [4.78, 5) is 6.84. The van der Waals surface area contributed by atoms with Crippen molar-refractivity contribution in [3.63, 3.8) is 0 Å². The number of oxazole rings is 1. The van der Waals surface area contributed by atoms with E-state index in [1.54, 1.807) is 24.3 Å². The summed E-state index contributed by atoms with van der Waals surface area (Å²) in [5.41, 5.74) is 1.55. The molecule has 1 unspecified atom stereocenters. The van der Waals surface area contributed by atoms with Crippen LogP contribution in [0.15, 0.2) is 62.3 Å². The minimum Gasteiger partial charge on any atom is -0.423 e. The van der Waals surface area contributed by atoms with Gasteiger partial charge in [-0.3, -0.25) is 0 Å². The lowest BCUT2D eigenvalue weighted by atomic mass is 10.2. The molecule has 4 rings (SSSR count). The van der Waals surface area contributed by atoms with Crippen molar-refractivity contribution >= 4 is 43.1 Å². The van der Waals surface area contributed by atoms with E-state index in [-0.39, 0.29) is 10.9 Å². The van der Waals surface area contributed by atoms with Gasteiger partial charge in [-0.1, -0.05) is 28.1 Å². The third-order valence-electron chi connectivity index (χ3n) is 4.54. The molecule has 0 amide bonds. The van der Waals surface area contributed by atoms with Gasteiger partial charge in [0, 0.05) is 23.6 Å². The molecule has 1 N–H and O–H groups in total. The maximum atomic E-state index is 12.5. The zero-order chi connectivity index (χ0) is 18.1. The topological polar surface area (TPSA) is 75.4 Å². The van der Waals surface area contributed by atoms with Gasteiger partial charge in [0.2, 0.25) is 10.0 Å². The Morgan fingerprint density at radius 1 is 1.19 bits per heavy atom. The van der Waals surface area contributed by atoms with E-state index in [0.29, 0.717) is 12.6 Å². The Labute approximate surface area is 160 Å². The van der Waals surface area contributed by atoms with Crippen LogP contribution in [0.25, 0.3) is 11.1 Å². The molecule has 0 saturated carbocycles. The largest absolute Gasteiger partial charge is 0.423 e. The zero-order valence-corrected chi connectivity index (χ0v) is 16.3. The monoisotopic (exact) mass is 435 g/mol. The number of sulfonamides is 1. The molecule has 1 aliphatic rings. The molecule has 8 heteroatoms. The molecule has 0 bridgehead atoms. The molecular weight excluding hydrogens is 418 g/mol. The van der Waals surface area contributed by atoms with Crippen LogP contribution in [0.4, 0.5) is 6.01 Å². The van der Waals surface area contributed by atoms with Crippen molar-refractivity contribution in [3.05, 3.63) is 53.0 Å². The van der Waals surface area contributed by atoms with Crippen molar-refractivity contribution < 1.29 is 12.8 Å². The van der Waals surface area contributed by atoms with E-state index in [1.165, 1.54) is 0 Å². The van der Waals surface area contributed by atoms with E-state index in [2.05, 4.69) is 25.6 Å². The summed E-state index contributed by atoms with van der Waals surface area (Å²) < 4.78 is 34.4. The van der Waals surface area contributed by atoms with Crippen molar-refractivity contribution in [2.75, 3.05) is 18.0 Å². The normalized spacial score (nSPS) is 17.9. The van der Waals surface area contributed by atoms with Gasteiger partial charge >= 0.3 is 0 Å². The summed E-state index contributed by atoms with van der Waals surface area (Å²) in [5.74, 6) is 0. The molecule has 1 saturated heterocycles. The van der Waals surface area contributed by atoms with Crippen LogP contribution in [-0.2, 0) is 10.0 Å². The zero-order valence-electron chi connectivity index (χ0n) is 13.9. The second-order valence-electron chi connectivity index (χ2n) is 6.26. The maximum absolute atomic E-state index is 12.5. The Kier molecular flexibility index (Phi) is 4.73. The highest BCUT2D eigenvalue weighted by atomic mass is 79.9. The van der Waals surface area contributed by atoms with Crippen LogP contribution in [0.1, 0.15) is 12.8 Å². The van der Waals surface area contributed by atoms with Crippen LogP contribution >= 0.6 is 15.9 Å². The molecule has 6 nitrogen and oxygen atoms in total. The Morgan fingerprint density at radius 2 is 1.96 bits per heavy atom. The van der Waals surface area contributed by atoms with Crippen molar-refractivity contribution in [1.82, 2.24) is 9.71 Å². The molecule has 0 spiro atoms. The number of nitrogens with zero attached hydrogens (tertiary/aromatic N) is 2. The molecule has 1 aliphatic heterocycles. The van der Waals surface area contributed by atoms with Gasteiger partial charge in [0.25, 0.3) is 6.01 Å². The van der Waals surface area contributed by atoms with Gasteiger partial charge in [-0.25, -0.2) is 13.1 Å². The molecule has 1 aromatic heterocycles. The lowest BCUT2D eigenvalue weighted by Crippen LogP contribution is -2.40. The van der Waals surface area contributed by atoms with Gasteiger partial charge in [0.15, 0.2) is 5.58 Å². The predicted molar refractivity (Wildman–Crippen MR) is 104 cm³/mol. The van der Waals surface area contributed by atoms with Gasteiger partial charge in [-0.05, 0) is 49.2 Å². The van der Waals surface area contributed by atoms with Crippen molar-refractivity contribution in [2.45, 2.75) is 23.8 Å². The van der Waals surface area contributed by atoms with Crippen LogP contribution in [0.2, 0.25) is 0 Å². The van der Waals surface area contributed by atoms with Crippen LogP contribution in [0.3, 0.4) is 0 Å². The van der Waals surface area contributed by atoms with Gasteiger partial charge in [-0.2, -0.15) is 4.98 Å². The third-order valence-corrected chi connectivity index (χ3v) is 6.51. The predicted octanol–water partition coefficient (Wildman–Crippen LogP) is 3.54. The SMILES string of the molecule is O=S(=O)(NCC1CCCN1c1nc2ccccc2o1)c1ccc(Br)cc1. The lowest BCUT2D eigenvalue weighted by molar-refractivity contribution is 0.534. The first-order valence-electron chi connectivity index (χ1n) is 8.40. The number of hydrogen-bond acceptors (Lipinski definition) is 5. The molecule has 136 valence electrons. The number of aromatic nitrogens is 1. The number of benzene rings is 2. The van der Waals surface area contributed by atoms with Crippen LogP contribution in [-0.4, -0.2) is 32.5 Å². The number of nitrogens with one attached hydrogen (secondary N) is 1. The fraction of sp³-hybridized carbons (Fsp3) is 0.278. The van der Waals surface area contributed by atoms with Crippen LogP contribution in [0.5, 0.6) is 0 Å². The van der Waals surface area contributed by atoms with E-state index in [1.807, 2.05) is 29.2 Å². The smallest absolute Gasteiger partial charge is 0.298 e. The third kappa shape index (κ3) is 3.49. The lowest BCUT2D eigenvalue weighted by Gasteiger charge is -2.23. The number of fused-ring (bicyclic) bond motifs is 1. The first-order chi connectivity index (χ1) is 12.5. The first-order valence-corrected chi connectivity index (χ1v) is 10.7. The first kappa shape index (κ1) is 17.5. The molecule has 0 radical (unpaired) electrons. The average molecular weight is 436 g/mol. The minimum absolute atomic E-state index is 0.0216. The molecule has 26 heavy (non-hydrogen) atoms. The Bertz CT molecular complexity index is 985. The number of hydrogen-bond donors (Lipinski definition) is 1. The Morgan fingerprint density at radius 3 is 2.73 bits per heavy atom. The van der Waals surface area contributed by atoms with Gasteiger partial charge in [0.1, 0.15) is 5.52 Å². The van der Waals surface area contributed by atoms with Gasteiger partial charge < -0.3 is 9.32 Å². The summed E-state index contributed by atoms with van der Waals surface area (Å²) in [5, 5.41) is 0. The Balaban J connectivity index is 1.49. The maximum Gasteiger partial charge on any atom is 0.298 e. The number of anilines is 1. The summed E-state index contributed by atoms with van der Waals surface area (Å²) in [6.45, 7) is 1.12. The number of rotatable bonds is 5. The molecule has 2 heterocycles. The standard InChI is InChI=1S/C18H18BrN3O3S/c19-13-7-9-15(10-8-13)26(23,24)20-12-14-4-3-11-22(14)18-21-16-5-1-2-6-17(16)25-18/h1-2,5-10,14,20H,3-4,11-12H2. The molecule has 1 atom stereocenters. The van der Waals surface area contributed by atoms with Crippen molar-refractivity contribution in [3.8, 4) is 0 Å². The molecular formula is C18H18BrN3O3S. The van der Waals surface area contributed by atoms with Gasteiger partial charge in [-0.15, -0.1) is 0 Å². The van der Waals surface area contributed by atoms with Crippen molar-refractivity contribution in [1.29, 1.82) is 0 Å². The highest BCUT2D eigenvalue weighted by molar-refractivity contribution is 9.10. The summed E-state index contributed by atoms with van der Waals surface area (Å²) in [6.07, 6.45) is 1.87. The van der Waals surface area contributed by atoms with Gasteiger partial charge in [0.05, 0.1) is 4.90 Å². The minimum atomic E-state index is -3.54. The fourth-order valence-corrected chi connectivity index (χ4v) is 4.52. The van der Waals surface area contributed by atoms with E-state index >= 15 is 0 Å². The van der Waals surface area contributed by atoms with Crippen LogP contribution in [0, 0.1) is 0 Å². The molecule has 3 aromatic rings. The number of halogens is 1. The highest BCUT2D eigenvalue weighted by Crippen LogP contribution is 2.28. The second-order valence-corrected chi connectivity index (χ2v) is 8.94. The summed E-state index contributed by atoms with van der Waals surface area (Å²) >= 11 is 3.31. The molecule has 1 fully saturated rings. The fourth-order valence-electron chi connectivity index (χ4n) is 3.19. The summed E-state index contributed by atoms with van der Waals surface area (Å²) in [7, 11) is -3.54. The second kappa shape index (κ2) is 7.02. The van der Waals surface area contributed by atoms with E-state index in [4.69, 9.17) is 4.42 Å². The summed E-state index contributed by atoms with van der Waals surface area (Å²) in [6, 6.07) is 14.8. The van der Waals surface area contributed by atoms with Crippen LogP contribution < -0.4 is 9.62 Å². The quantitative estimate of drug-likeness (QED) is 0.662. The van der Waals surface area contributed by atoms with Crippen molar-refractivity contribution in [2.24, 2.45) is 0 Å². The molecule has 0 aliphatic carbocycles.